The predicted molar refractivity (Wildman–Crippen MR) is 74.9 cm³/mol. The van der Waals surface area contributed by atoms with Crippen LogP contribution in [0.4, 0.5) is 8.78 Å². The van der Waals surface area contributed by atoms with Gasteiger partial charge in [0.05, 0.1) is 12.3 Å². The molecule has 0 amide bonds. The number of aliphatic hydroxyl groups is 1. The number of aromatic nitrogens is 2. The zero-order chi connectivity index (χ0) is 15.2. The summed E-state index contributed by atoms with van der Waals surface area (Å²) in [4.78, 5) is 1.95. The maximum absolute atomic E-state index is 13.7. The molecule has 0 saturated heterocycles. The Bertz CT molecular complexity index is 582. The molecule has 1 aromatic carbocycles. The van der Waals surface area contributed by atoms with E-state index < -0.39 is 11.6 Å². The molecule has 0 saturated carbocycles. The summed E-state index contributed by atoms with van der Waals surface area (Å²) in [6.45, 7) is 2.15. The van der Waals surface area contributed by atoms with Crippen molar-refractivity contribution in [3.05, 3.63) is 47.8 Å². The number of nitrogens with two attached hydrogens (primary N) is 1. The smallest absolute Gasteiger partial charge is 0.151 e. The summed E-state index contributed by atoms with van der Waals surface area (Å²) < 4.78 is 28.0. The molecule has 1 aromatic heterocycles. The van der Waals surface area contributed by atoms with E-state index in [1.165, 1.54) is 16.8 Å². The summed E-state index contributed by atoms with van der Waals surface area (Å²) in [5, 5.41) is 13.3. The summed E-state index contributed by atoms with van der Waals surface area (Å²) in [5.41, 5.74) is 6.42. The van der Waals surface area contributed by atoms with Gasteiger partial charge >= 0.3 is 0 Å². The molecular formula is C14H18F2N4O. The van der Waals surface area contributed by atoms with Crippen LogP contribution < -0.4 is 5.73 Å². The monoisotopic (exact) mass is 296 g/mol. The third-order valence-corrected chi connectivity index (χ3v) is 3.05. The van der Waals surface area contributed by atoms with E-state index in [9.17, 15) is 8.78 Å². The lowest BCUT2D eigenvalue weighted by molar-refractivity contribution is 0.192. The first-order valence-electron chi connectivity index (χ1n) is 6.67. The van der Waals surface area contributed by atoms with Crippen LogP contribution in [0.2, 0.25) is 0 Å². The molecule has 0 bridgehead atoms. The van der Waals surface area contributed by atoms with Crippen molar-refractivity contribution in [2.75, 3.05) is 26.2 Å². The third kappa shape index (κ3) is 4.07. The van der Waals surface area contributed by atoms with E-state index in [0.29, 0.717) is 26.2 Å². The number of benzene rings is 1. The van der Waals surface area contributed by atoms with Crippen LogP contribution in [0.5, 0.6) is 0 Å². The highest BCUT2D eigenvalue weighted by Gasteiger charge is 2.10. The lowest BCUT2D eigenvalue weighted by atomic mass is 10.3. The maximum Gasteiger partial charge on any atom is 0.151 e. The molecule has 0 aliphatic carbocycles. The molecule has 21 heavy (non-hydrogen) atoms. The van der Waals surface area contributed by atoms with E-state index in [2.05, 4.69) is 5.10 Å². The quantitative estimate of drug-likeness (QED) is 0.797. The van der Waals surface area contributed by atoms with Crippen molar-refractivity contribution in [1.29, 1.82) is 0 Å². The first-order chi connectivity index (χ1) is 10.1. The Balaban J connectivity index is 2.13. The molecule has 0 fully saturated rings. The SMILES string of the molecule is NCCN(CCO)Cc1ccn(-c2ccc(F)cc2F)n1. The van der Waals surface area contributed by atoms with Gasteiger partial charge in [0.1, 0.15) is 11.5 Å². The summed E-state index contributed by atoms with van der Waals surface area (Å²) in [6.07, 6.45) is 1.62. The summed E-state index contributed by atoms with van der Waals surface area (Å²) >= 11 is 0. The topological polar surface area (TPSA) is 67.3 Å². The molecule has 0 radical (unpaired) electrons. The minimum atomic E-state index is -0.668. The highest BCUT2D eigenvalue weighted by atomic mass is 19.1. The highest BCUT2D eigenvalue weighted by Crippen LogP contribution is 2.14. The van der Waals surface area contributed by atoms with Crippen LogP contribution in [-0.4, -0.2) is 46.0 Å². The molecule has 7 heteroatoms. The van der Waals surface area contributed by atoms with Crippen molar-refractivity contribution in [2.45, 2.75) is 6.54 Å². The van der Waals surface area contributed by atoms with Crippen LogP contribution in [0.1, 0.15) is 5.69 Å². The number of halogens is 2. The van der Waals surface area contributed by atoms with Gasteiger partial charge in [0.25, 0.3) is 0 Å². The van der Waals surface area contributed by atoms with Crippen LogP contribution in [-0.2, 0) is 6.54 Å². The second-order valence-corrected chi connectivity index (χ2v) is 4.64. The molecule has 0 unspecified atom stereocenters. The third-order valence-electron chi connectivity index (χ3n) is 3.05. The van der Waals surface area contributed by atoms with Crippen LogP contribution in [0.3, 0.4) is 0 Å². The van der Waals surface area contributed by atoms with Crippen LogP contribution in [0.25, 0.3) is 5.69 Å². The second kappa shape index (κ2) is 7.26. The van der Waals surface area contributed by atoms with Gasteiger partial charge in [-0.15, -0.1) is 0 Å². The van der Waals surface area contributed by atoms with E-state index in [1.807, 2.05) is 4.90 Å². The fraction of sp³-hybridized carbons (Fsp3) is 0.357. The second-order valence-electron chi connectivity index (χ2n) is 4.64. The molecule has 2 rings (SSSR count). The Morgan fingerprint density at radius 3 is 2.71 bits per heavy atom. The van der Waals surface area contributed by atoms with Crippen molar-refractivity contribution >= 4 is 0 Å². The standard InChI is InChI=1S/C14H18F2N4O/c15-11-1-2-14(13(16)9-11)20-5-3-12(18-20)10-19(6-4-17)7-8-21/h1-3,5,9,21H,4,6-8,10,17H2. The van der Waals surface area contributed by atoms with Crippen molar-refractivity contribution in [2.24, 2.45) is 5.73 Å². The van der Waals surface area contributed by atoms with Crippen molar-refractivity contribution in [3.8, 4) is 5.69 Å². The van der Waals surface area contributed by atoms with Crippen LogP contribution >= 0.6 is 0 Å². The number of nitrogens with zero attached hydrogens (tertiary/aromatic N) is 3. The summed E-state index contributed by atoms with van der Waals surface area (Å²) in [5.74, 6) is -1.29. The predicted octanol–water partition coefficient (Wildman–Crippen LogP) is 0.903. The Kier molecular flexibility index (Phi) is 5.38. The van der Waals surface area contributed by atoms with Gasteiger partial charge in [0, 0.05) is 38.4 Å². The highest BCUT2D eigenvalue weighted by molar-refractivity contribution is 5.33. The zero-order valence-electron chi connectivity index (χ0n) is 11.5. The van der Waals surface area contributed by atoms with Crippen LogP contribution in [0.15, 0.2) is 30.5 Å². The first-order valence-corrected chi connectivity index (χ1v) is 6.67. The van der Waals surface area contributed by atoms with Gasteiger partial charge in [0.15, 0.2) is 5.82 Å². The van der Waals surface area contributed by atoms with Gasteiger partial charge in [-0.1, -0.05) is 0 Å². The number of hydrogen-bond donors (Lipinski definition) is 2. The number of aliphatic hydroxyl groups excluding tert-OH is 1. The van der Waals surface area contributed by atoms with E-state index in [-0.39, 0.29) is 12.3 Å². The lowest BCUT2D eigenvalue weighted by Crippen LogP contribution is -2.31. The largest absolute Gasteiger partial charge is 0.395 e. The number of rotatable bonds is 7. The molecule has 2 aromatic rings. The van der Waals surface area contributed by atoms with Crippen LogP contribution in [0, 0.1) is 11.6 Å². The Hall–Kier alpha value is -1.83. The molecule has 114 valence electrons. The molecule has 1 heterocycles. The van der Waals surface area contributed by atoms with E-state index >= 15 is 0 Å². The number of hydrogen-bond acceptors (Lipinski definition) is 4. The molecule has 0 atom stereocenters. The Labute approximate surface area is 121 Å². The van der Waals surface area contributed by atoms with Crippen molar-refractivity contribution < 1.29 is 13.9 Å². The fourth-order valence-electron chi connectivity index (χ4n) is 2.07. The summed E-state index contributed by atoms with van der Waals surface area (Å²) in [7, 11) is 0. The molecule has 0 aliphatic rings. The first kappa shape index (κ1) is 15.6. The van der Waals surface area contributed by atoms with Crippen molar-refractivity contribution in [1.82, 2.24) is 14.7 Å². The van der Waals surface area contributed by atoms with Gasteiger partial charge in [0.2, 0.25) is 0 Å². The van der Waals surface area contributed by atoms with Gasteiger partial charge in [-0.05, 0) is 18.2 Å². The molecule has 0 aliphatic heterocycles. The minimum Gasteiger partial charge on any atom is -0.395 e. The van der Waals surface area contributed by atoms with Gasteiger partial charge in [-0.3, -0.25) is 4.90 Å². The van der Waals surface area contributed by atoms with Crippen molar-refractivity contribution in [3.63, 3.8) is 0 Å². The van der Waals surface area contributed by atoms with E-state index in [0.717, 1.165) is 11.8 Å². The average molecular weight is 296 g/mol. The molecule has 5 nitrogen and oxygen atoms in total. The normalized spacial score (nSPS) is 11.3. The Morgan fingerprint density at radius 2 is 2.05 bits per heavy atom. The van der Waals surface area contributed by atoms with Gasteiger partial charge < -0.3 is 10.8 Å². The molecule has 0 spiro atoms. The minimum absolute atomic E-state index is 0.0350. The fourth-order valence-corrected chi connectivity index (χ4v) is 2.07. The zero-order valence-corrected chi connectivity index (χ0v) is 11.5. The molecule has 3 N–H and O–H groups in total. The Morgan fingerprint density at radius 1 is 1.24 bits per heavy atom. The summed E-state index contributed by atoms with van der Waals surface area (Å²) in [6, 6.07) is 5.10. The lowest BCUT2D eigenvalue weighted by Gasteiger charge is -2.18. The van der Waals surface area contributed by atoms with E-state index in [4.69, 9.17) is 10.8 Å². The van der Waals surface area contributed by atoms with E-state index in [1.54, 1.807) is 12.3 Å². The molecular weight excluding hydrogens is 278 g/mol. The van der Waals surface area contributed by atoms with Gasteiger partial charge in [-0.25, -0.2) is 13.5 Å². The average Bonchev–Trinajstić information content (AvgIpc) is 2.87. The van der Waals surface area contributed by atoms with Gasteiger partial charge in [-0.2, -0.15) is 5.10 Å². The maximum atomic E-state index is 13.7.